The first-order chi connectivity index (χ1) is 9.58. The Morgan fingerprint density at radius 3 is 2.80 bits per heavy atom. The van der Waals surface area contributed by atoms with Gasteiger partial charge in [0.25, 0.3) is 0 Å². The van der Waals surface area contributed by atoms with E-state index in [4.69, 9.17) is 22.1 Å². The molecule has 0 aliphatic carbocycles. The van der Waals surface area contributed by atoms with E-state index in [1.165, 1.54) is 0 Å². The number of rotatable bonds is 5. The Bertz CT molecular complexity index is 471. The number of ether oxygens (including phenoxy) is 1. The number of hydrogen-bond acceptors (Lipinski definition) is 4. The predicted octanol–water partition coefficient (Wildman–Crippen LogP) is 1.88. The molecule has 0 radical (unpaired) electrons. The third kappa shape index (κ3) is 4.20. The fraction of sp³-hybridized carbons (Fsp3) is 0.533. The molecule has 1 aliphatic rings. The van der Waals surface area contributed by atoms with Crippen LogP contribution in [0.25, 0.3) is 0 Å². The molecular formula is C15H21ClN2O2. The zero-order valence-electron chi connectivity index (χ0n) is 11.8. The maximum absolute atomic E-state index is 12.2. The Hall–Kier alpha value is -1.10. The Kier molecular flexibility index (Phi) is 5.40. The summed E-state index contributed by atoms with van der Waals surface area (Å²) in [6.07, 6.45) is 2.29. The van der Waals surface area contributed by atoms with Crippen LogP contribution in [0.5, 0.6) is 5.75 Å². The number of likely N-dealkylation sites (tertiary alicyclic amines) is 1. The summed E-state index contributed by atoms with van der Waals surface area (Å²) in [7, 11) is 1.60. The molecule has 2 N–H and O–H groups in total. The summed E-state index contributed by atoms with van der Waals surface area (Å²) in [5.74, 6) is 0.893. The predicted molar refractivity (Wildman–Crippen MR) is 80.4 cm³/mol. The second-order valence-corrected chi connectivity index (χ2v) is 5.72. The summed E-state index contributed by atoms with van der Waals surface area (Å²) in [4.78, 5) is 14.3. The number of halogens is 1. The van der Waals surface area contributed by atoms with Crippen molar-refractivity contribution in [3.8, 4) is 5.75 Å². The first-order valence-corrected chi connectivity index (χ1v) is 7.28. The van der Waals surface area contributed by atoms with Crippen molar-refractivity contribution in [1.82, 2.24) is 4.90 Å². The molecule has 4 nitrogen and oxygen atoms in total. The molecule has 20 heavy (non-hydrogen) atoms. The van der Waals surface area contributed by atoms with E-state index in [1.807, 2.05) is 0 Å². The minimum absolute atomic E-state index is 0.182. The number of Topliss-reactive ketones (excluding diaryl/α,β-unsaturated/α-hetero) is 1. The van der Waals surface area contributed by atoms with Crippen molar-refractivity contribution in [2.75, 3.05) is 26.7 Å². The molecule has 0 bridgehead atoms. The van der Waals surface area contributed by atoms with Crippen LogP contribution < -0.4 is 10.5 Å². The van der Waals surface area contributed by atoms with Crippen LogP contribution in [0.2, 0.25) is 5.02 Å². The summed E-state index contributed by atoms with van der Waals surface area (Å²) < 4.78 is 5.26. The largest absolute Gasteiger partial charge is 0.496 e. The molecule has 1 aliphatic heterocycles. The lowest BCUT2D eigenvalue weighted by molar-refractivity contribution is -0.119. The number of piperidine rings is 1. The van der Waals surface area contributed by atoms with Crippen LogP contribution in [0.1, 0.15) is 18.4 Å². The van der Waals surface area contributed by atoms with Gasteiger partial charge in [-0.25, -0.2) is 0 Å². The van der Waals surface area contributed by atoms with E-state index >= 15 is 0 Å². The molecule has 0 atom stereocenters. The van der Waals surface area contributed by atoms with Gasteiger partial charge in [0.15, 0.2) is 5.78 Å². The quantitative estimate of drug-likeness (QED) is 0.901. The fourth-order valence-electron chi connectivity index (χ4n) is 2.51. The number of benzene rings is 1. The lowest BCUT2D eigenvalue weighted by Crippen LogP contribution is -2.42. The van der Waals surface area contributed by atoms with Crippen LogP contribution in [-0.4, -0.2) is 43.5 Å². The summed E-state index contributed by atoms with van der Waals surface area (Å²) in [6.45, 7) is 2.28. The standard InChI is InChI=1S/C15H21ClN2O2/c1-20-15-3-2-12(16)8-11(15)9-14(19)10-18-6-4-13(17)5-7-18/h2-3,8,13H,4-7,9-10,17H2,1H3. The minimum Gasteiger partial charge on any atom is -0.496 e. The third-order valence-corrected chi connectivity index (χ3v) is 3.90. The first-order valence-electron chi connectivity index (χ1n) is 6.90. The van der Waals surface area contributed by atoms with Crippen LogP contribution in [-0.2, 0) is 11.2 Å². The van der Waals surface area contributed by atoms with Gasteiger partial charge in [0.1, 0.15) is 5.75 Å². The van der Waals surface area contributed by atoms with Crippen LogP contribution in [0.4, 0.5) is 0 Å². The van der Waals surface area contributed by atoms with E-state index in [-0.39, 0.29) is 11.8 Å². The van der Waals surface area contributed by atoms with Gasteiger partial charge in [0, 0.05) is 36.1 Å². The van der Waals surface area contributed by atoms with E-state index in [0.29, 0.717) is 23.7 Å². The SMILES string of the molecule is COc1ccc(Cl)cc1CC(=O)CN1CCC(N)CC1. The second kappa shape index (κ2) is 7.07. The van der Waals surface area contributed by atoms with Gasteiger partial charge in [-0.05, 0) is 31.0 Å². The zero-order chi connectivity index (χ0) is 14.5. The average molecular weight is 297 g/mol. The Morgan fingerprint density at radius 2 is 2.15 bits per heavy atom. The molecule has 1 aromatic rings. The molecule has 0 spiro atoms. The molecule has 0 unspecified atom stereocenters. The van der Waals surface area contributed by atoms with Crippen molar-refractivity contribution < 1.29 is 9.53 Å². The van der Waals surface area contributed by atoms with Gasteiger partial charge < -0.3 is 10.5 Å². The molecule has 1 saturated heterocycles. The van der Waals surface area contributed by atoms with E-state index < -0.39 is 0 Å². The highest BCUT2D eigenvalue weighted by atomic mass is 35.5. The van der Waals surface area contributed by atoms with Crippen LogP contribution in [0.15, 0.2) is 18.2 Å². The number of carbonyl (C=O) groups excluding carboxylic acids is 1. The van der Waals surface area contributed by atoms with E-state index in [9.17, 15) is 4.79 Å². The van der Waals surface area contributed by atoms with Crippen molar-refractivity contribution >= 4 is 17.4 Å². The summed E-state index contributed by atoms with van der Waals surface area (Å²) in [5, 5.41) is 0.623. The van der Waals surface area contributed by atoms with Gasteiger partial charge in [-0.3, -0.25) is 9.69 Å². The summed E-state index contributed by atoms with van der Waals surface area (Å²) in [5.41, 5.74) is 6.71. The molecular weight excluding hydrogens is 276 g/mol. The van der Waals surface area contributed by atoms with Crippen molar-refractivity contribution in [3.05, 3.63) is 28.8 Å². The van der Waals surface area contributed by atoms with Crippen molar-refractivity contribution in [1.29, 1.82) is 0 Å². The monoisotopic (exact) mass is 296 g/mol. The lowest BCUT2D eigenvalue weighted by atomic mass is 10.0. The average Bonchev–Trinajstić information content (AvgIpc) is 2.41. The molecule has 2 rings (SSSR count). The van der Waals surface area contributed by atoms with Crippen molar-refractivity contribution in [3.63, 3.8) is 0 Å². The van der Waals surface area contributed by atoms with Gasteiger partial charge >= 0.3 is 0 Å². The fourth-order valence-corrected chi connectivity index (χ4v) is 2.71. The summed E-state index contributed by atoms with van der Waals surface area (Å²) >= 11 is 5.97. The molecule has 1 aromatic carbocycles. The van der Waals surface area contributed by atoms with Gasteiger partial charge in [0.2, 0.25) is 0 Å². The van der Waals surface area contributed by atoms with Crippen molar-refractivity contribution in [2.24, 2.45) is 5.73 Å². The van der Waals surface area contributed by atoms with Gasteiger partial charge in [-0.1, -0.05) is 11.6 Å². The molecule has 5 heteroatoms. The number of nitrogens with two attached hydrogens (primary N) is 1. The molecule has 0 amide bonds. The second-order valence-electron chi connectivity index (χ2n) is 5.29. The van der Waals surface area contributed by atoms with Gasteiger partial charge in [-0.2, -0.15) is 0 Å². The highest BCUT2D eigenvalue weighted by Gasteiger charge is 2.19. The smallest absolute Gasteiger partial charge is 0.151 e. The topological polar surface area (TPSA) is 55.6 Å². The van der Waals surface area contributed by atoms with Gasteiger partial charge in [-0.15, -0.1) is 0 Å². The van der Waals surface area contributed by atoms with E-state index in [2.05, 4.69) is 4.90 Å². The zero-order valence-corrected chi connectivity index (χ0v) is 12.5. The van der Waals surface area contributed by atoms with E-state index in [0.717, 1.165) is 31.5 Å². The van der Waals surface area contributed by atoms with Crippen LogP contribution in [0.3, 0.4) is 0 Å². The third-order valence-electron chi connectivity index (χ3n) is 3.66. The highest BCUT2D eigenvalue weighted by Crippen LogP contribution is 2.23. The maximum atomic E-state index is 12.2. The summed E-state index contributed by atoms with van der Waals surface area (Å²) in [6, 6.07) is 5.64. The number of nitrogens with zero attached hydrogens (tertiary/aromatic N) is 1. The Balaban J connectivity index is 1.92. The van der Waals surface area contributed by atoms with Crippen LogP contribution >= 0.6 is 11.6 Å². The highest BCUT2D eigenvalue weighted by molar-refractivity contribution is 6.30. The molecule has 0 saturated carbocycles. The van der Waals surface area contributed by atoms with Crippen LogP contribution in [0, 0.1) is 0 Å². The lowest BCUT2D eigenvalue weighted by Gasteiger charge is -2.29. The molecule has 1 heterocycles. The minimum atomic E-state index is 0.182. The first kappa shape index (κ1) is 15.3. The number of ketones is 1. The normalized spacial score (nSPS) is 17.1. The number of hydrogen-bond donors (Lipinski definition) is 1. The molecule has 0 aromatic heterocycles. The molecule has 110 valence electrons. The maximum Gasteiger partial charge on any atom is 0.151 e. The number of carbonyl (C=O) groups is 1. The Labute approximate surface area is 124 Å². The molecule has 1 fully saturated rings. The van der Waals surface area contributed by atoms with E-state index in [1.54, 1.807) is 25.3 Å². The van der Waals surface area contributed by atoms with Crippen molar-refractivity contribution in [2.45, 2.75) is 25.3 Å². The Morgan fingerprint density at radius 1 is 1.45 bits per heavy atom. The number of methoxy groups -OCH3 is 1. The van der Waals surface area contributed by atoms with Gasteiger partial charge in [0.05, 0.1) is 13.7 Å².